The fourth-order valence-corrected chi connectivity index (χ4v) is 2.56. The van der Waals surface area contributed by atoms with Crippen LogP contribution in [0.4, 0.5) is 5.69 Å². The molecule has 0 unspecified atom stereocenters. The summed E-state index contributed by atoms with van der Waals surface area (Å²) < 4.78 is 0. The topological polar surface area (TPSA) is 72.2 Å². The zero-order valence-electron chi connectivity index (χ0n) is 13.2. The molecule has 6 heteroatoms. The highest BCUT2D eigenvalue weighted by atomic mass is 35.5. The minimum absolute atomic E-state index is 0.0376. The van der Waals surface area contributed by atoms with Gasteiger partial charge in [-0.25, -0.2) is 0 Å². The summed E-state index contributed by atoms with van der Waals surface area (Å²) in [5.41, 5.74) is 0.162. The fourth-order valence-electron chi connectivity index (χ4n) is 2.39. The minimum Gasteiger partial charge on any atom is -0.317 e. The fraction of sp³-hybridized carbons (Fsp3) is 0.278. The summed E-state index contributed by atoms with van der Waals surface area (Å²) in [5, 5.41) is 14.4. The average Bonchev–Trinajstić information content (AvgIpc) is 2.64. The normalized spacial score (nSPS) is 13.5. The van der Waals surface area contributed by atoms with Gasteiger partial charge in [0.25, 0.3) is 5.69 Å². The summed E-state index contributed by atoms with van der Waals surface area (Å²) in [6, 6.07) is 12.4. The van der Waals surface area contributed by atoms with Crippen molar-refractivity contribution in [1.82, 2.24) is 5.32 Å². The van der Waals surface area contributed by atoms with E-state index in [0.29, 0.717) is 5.56 Å². The Balaban J connectivity index is 0.000000292. The van der Waals surface area contributed by atoms with Gasteiger partial charge >= 0.3 is 0 Å². The molecule has 3 rings (SSSR count). The number of nitro groups is 1. The van der Waals surface area contributed by atoms with Crippen LogP contribution in [0, 0.1) is 10.1 Å². The maximum Gasteiger partial charge on any atom is 0.282 e. The molecule has 1 fully saturated rings. The molecule has 0 atom stereocenters. The number of hydrogen-bond donors (Lipinski definition) is 1. The van der Waals surface area contributed by atoms with Crippen LogP contribution in [0.1, 0.15) is 35.2 Å². The molecule has 0 amide bonds. The van der Waals surface area contributed by atoms with Crippen molar-refractivity contribution in [3.8, 4) is 0 Å². The van der Waals surface area contributed by atoms with E-state index in [2.05, 4.69) is 5.32 Å². The summed E-state index contributed by atoms with van der Waals surface area (Å²) in [6.07, 6.45) is 4.22. The molecule has 1 N–H and O–H groups in total. The number of nitrogens with zero attached hydrogens (tertiary/aromatic N) is 1. The first kappa shape index (κ1) is 18.1. The second kappa shape index (κ2) is 9.15. The van der Waals surface area contributed by atoms with E-state index in [1.807, 2.05) is 0 Å². The molecule has 24 heavy (non-hydrogen) atoms. The first-order chi connectivity index (χ1) is 11.6. The summed E-state index contributed by atoms with van der Waals surface area (Å²) in [5.74, 6) is -0.390. The Morgan fingerprint density at radius 1 is 1.04 bits per heavy atom. The summed E-state index contributed by atoms with van der Waals surface area (Å²) in [7, 11) is 0. The van der Waals surface area contributed by atoms with Gasteiger partial charge in [-0.1, -0.05) is 48.4 Å². The Hall–Kier alpha value is -2.24. The van der Waals surface area contributed by atoms with Gasteiger partial charge in [-0.2, -0.15) is 0 Å². The average molecular weight is 347 g/mol. The molecule has 0 spiro atoms. The van der Waals surface area contributed by atoms with Gasteiger partial charge in [-0.3, -0.25) is 14.9 Å². The summed E-state index contributed by atoms with van der Waals surface area (Å²) >= 11 is 5.70. The number of rotatable bonds is 3. The highest BCUT2D eigenvalue weighted by molar-refractivity contribution is 6.31. The van der Waals surface area contributed by atoms with Crippen LogP contribution in [-0.4, -0.2) is 23.8 Å². The molecule has 0 saturated carbocycles. The largest absolute Gasteiger partial charge is 0.317 e. The van der Waals surface area contributed by atoms with E-state index >= 15 is 0 Å². The van der Waals surface area contributed by atoms with Gasteiger partial charge in [0, 0.05) is 16.7 Å². The van der Waals surface area contributed by atoms with Crippen molar-refractivity contribution >= 4 is 23.1 Å². The molecule has 2 aromatic carbocycles. The van der Waals surface area contributed by atoms with E-state index in [1.165, 1.54) is 50.6 Å². The standard InChI is InChI=1S/C13H8ClNO3.C5H11N/c14-10-6-7-11(12(8-10)15(17)18)13(16)9-4-2-1-3-5-9;1-2-4-6-5-3-1/h1-8H;6H,1-5H2. The smallest absolute Gasteiger partial charge is 0.282 e. The molecule has 0 aromatic heterocycles. The molecule has 0 bridgehead atoms. The number of hydrogen-bond acceptors (Lipinski definition) is 4. The van der Waals surface area contributed by atoms with E-state index in [4.69, 9.17) is 11.6 Å². The first-order valence-corrected chi connectivity index (χ1v) is 8.22. The lowest BCUT2D eigenvalue weighted by atomic mass is 10.0. The van der Waals surface area contributed by atoms with Crippen LogP contribution in [-0.2, 0) is 0 Å². The number of halogens is 1. The van der Waals surface area contributed by atoms with Gasteiger partial charge < -0.3 is 5.32 Å². The number of piperidine rings is 1. The molecule has 5 nitrogen and oxygen atoms in total. The lowest BCUT2D eigenvalue weighted by molar-refractivity contribution is -0.385. The zero-order chi connectivity index (χ0) is 17.4. The predicted octanol–water partition coefficient (Wildman–Crippen LogP) is 4.24. The van der Waals surface area contributed by atoms with Crippen LogP contribution in [0.2, 0.25) is 5.02 Å². The number of nitro benzene ring substituents is 1. The van der Waals surface area contributed by atoms with Crippen molar-refractivity contribution in [3.63, 3.8) is 0 Å². The van der Waals surface area contributed by atoms with Crippen molar-refractivity contribution in [1.29, 1.82) is 0 Å². The Morgan fingerprint density at radius 2 is 1.71 bits per heavy atom. The van der Waals surface area contributed by atoms with Gasteiger partial charge in [0.15, 0.2) is 5.78 Å². The predicted molar refractivity (Wildman–Crippen MR) is 94.7 cm³/mol. The Kier molecular flexibility index (Phi) is 6.90. The van der Waals surface area contributed by atoms with Crippen molar-refractivity contribution < 1.29 is 9.72 Å². The van der Waals surface area contributed by atoms with E-state index in [9.17, 15) is 14.9 Å². The quantitative estimate of drug-likeness (QED) is 0.512. The van der Waals surface area contributed by atoms with Crippen molar-refractivity contribution in [2.45, 2.75) is 19.3 Å². The first-order valence-electron chi connectivity index (χ1n) is 7.84. The van der Waals surface area contributed by atoms with Gasteiger partial charge in [-0.15, -0.1) is 0 Å². The van der Waals surface area contributed by atoms with E-state index in [1.54, 1.807) is 30.3 Å². The SMILES string of the molecule is C1CCNCC1.O=C(c1ccccc1)c1ccc(Cl)cc1[N+](=O)[O-]. The number of benzene rings is 2. The highest BCUT2D eigenvalue weighted by Crippen LogP contribution is 2.25. The van der Waals surface area contributed by atoms with Crippen LogP contribution < -0.4 is 5.32 Å². The second-order valence-electron chi connectivity index (χ2n) is 5.42. The molecular weight excluding hydrogens is 328 g/mol. The third kappa shape index (κ3) is 5.15. The van der Waals surface area contributed by atoms with Crippen LogP contribution in [0.5, 0.6) is 0 Å². The number of ketones is 1. The van der Waals surface area contributed by atoms with Gasteiger partial charge in [-0.05, 0) is 38.1 Å². The zero-order valence-corrected chi connectivity index (χ0v) is 14.0. The Morgan fingerprint density at radius 3 is 2.21 bits per heavy atom. The van der Waals surface area contributed by atoms with E-state index < -0.39 is 4.92 Å². The summed E-state index contributed by atoms with van der Waals surface area (Å²) in [4.78, 5) is 22.4. The molecule has 1 heterocycles. The van der Waals surface area contributed by atoms with Gasteiger partial charge in [0.2, 0.25) is 0 Å². The molecule has 1 aliphatic heterocycles. The molecule has 1 aliphatic rings. The number of carbonyl (C=O) groups is 1. The molecule has 2 aromatic rings. The molecule has 0 aliphatic carbocycles. The van der Waals surface area contributed by atoms with Crippen LogP contribution in [0.15, 0.2) is 48.5 Å². The molecular formula is C18H19ClN2O3. The second-order valence-corrected chi connectivity index (χ2v) is 5.86. The number of carbonyl (C=O) groups excluding carboxylic acids is 1. The minimum atomic E-state index is -0.609. The highest BCUT2D eigenvalue weighted by Gasteiger charge is 2.21. The van der Waals surface area contributed by atoms with Crippen molar-refractivity contribution in [3.05, 3.63) is 74.8 Å². The van der Waals surface area contributed by atoms with Crippen molar-refractivity contribution in [2.75, 3.05) is 13.1 Å². The van der Waals surface area contributed by atoms with Crippen molar-refractivity contribution in [2.24, 2.45) is 0 Å². The van der Waals surface area contributed by atoms with E-state index in [0.717, 1.165) is 0 Å². The third-order valence-electron chi connectivity index (χ3n) is 3.64. The maximum atomic E-state index is 12.1. The van der Waals surface area contributed by atoms with Crippen LogP contribution in [0.3, 0.4) is 0 Å². The van der Waals surface area contributed by atoms with Crippen LogP contribution >= 0.6 is 11.6 Å². The maximum absolute atomic E-state index is 12.1. The molecule has 1 saturated heterocycles. The summed E-state index contributed by atoms with van der Waals surface area (Å²) in [6.45, 7) is 2.50. The lowest BCUT2D eigenvalue weighted by Gasteiger charge is -2.08. The monoisotopic (exact) mass is 346 g/mol. The lowest BCUT2D eigenvalue weighted by Crippen LogP contribution is -2.21. The number of nitrogens with one attached hydrogen (secondary N) is 1. The van der Waals surface area contributed by atoms with Crippen LogP contribution in [0.25, 0.3) is 0 Å². The third-order valence-corrected chi connectivity index (χ3v) is 3.88. The Bertz CT molecular complexity index is 689. The van der Waals surface area contributed by atoms with E-state index in [-0.39, 0.29) is 22.1 Å². The Labute approximate surface area is 145 Å². The molecule has 0 radical (unpaired) electrons. The van der Waals surface area contributed by atoms with Gasteiger partial charge in [0.05, 0.1) is 4.92 Å². The van der Waals surface area contributed by atoms with Gasteiger partial charge in [0.1, 0.15) is 5.56 Å². The molecule has 126 valence electrons.